The molecule has 4 aliphatic carbocycles. The minimum atomic E-state index is 0.0995. The number of nitrogens with one attached hydrogen (secondary N) is 1. The zero-order valence-corrected chi connectivity index (χ0v) is 20.2. The van der Waals surface area contributed by atoms with Crippen molar-refractivity contribution in [2.45, 2.75) is 55.8 Å². The van der Waals surface area contributed by atoms with Gasteiger partial charge in [-0.2, -0.15) is 0 Å². The smallest absolute Gasteiger partial charge is 0.230 e. The van der Waals surface area contributed by atoms with Gasteiger partial charge in [0.25, 0.3) is 0 Å². The second-order valence-corrected chi connectivity index (χ2v) is 12.7. The van der Waals surface area contributed by atoms with E-state index in [-0.39, 0.29) is 11.9 Å². The number of carbonyl (C=O) groups is 1. The van der Waals surface area contributed by atoms with Crippen LogP contribution in [0.3, 0.4) is 0 Å². The Morgan fingerprint density at radius 1 is 1.27 bits per heavy atom. The fraction of sp³-hybridized carbons (Fsp3) is 0.591. The molecule has 1 atom stereocenters. The fourth-order valence-electron chi connectivity index (χ4n) is 6.34. The molecule has 4 bridgehead atoms. The largest absolute Gasteiger partial charge is 0.352 e. The summed E-state index contributed by atoms with van der Waals surface area (Å²) in [5.41, 5.74) is 1.22. The van der Waals surface area contributed by atoms with Gasteiger partial charge in [-0.05, 0) is 105 Å². The molecule has 4 aliphatic rings. The third-order valence-electron chi connectivity index (χ3n) is 7.31. The minimum absolute atomic E-state index is 0.0995. The molecule has 4 nitrogen and oxygen atoms in total. The molecule has 1 heterocycles. The first kappa shape index (κ1) is 21.0. The van der Waals surface area contributed by atoms with Crippen LogP contribution in [0.1, 0.15) is 45.4 Å². The van der Waals surface area contributed by atoms with Crippen molar-refractivity contribution >= 4 is 52.8 Å². The van der Waals surface area contributed by atoms with E-state index in [2.05, 4.69) is 17.3 Å². The van der Waals surface area contributed by atoms with Crippen molar-refractivity contribution in [2.75, 3.05) is 5.75 Å². The van der Waals surface area contributed by atoms with E-state index in [1.165, 1.54) is 61.6 Å². The van der Waals surface area contributed by atoms with Crippen molar-refractivity contribution in [3.05, 3.63) is 33.2 Å². The van der Waals surface area contributed by atoms with Gasteiger partial charge in [0.05, 0.1) is 11.4 Å². The number of halogens is 1. The third kappa shape index (κ3) is 4.10. The van der Waals surface area contributed by atoms with Crippen LogP contribution in [-0.4, -0.2) is 27.5 Å². The predicted octanol–water partition coefficient (Wildman–Crippen LogP) is 6.13. The van der Waals surface area contributed by atoms with Crippen LogP contribution in [0.2, 0.25) is 5.02 Å². The number of aromatic nitrogens is 2. The van der Waals surface area contributed by atoms with Crippen molar-refractivity contribution in [1.82, 2.24) is 15.1 Å². The van der Waals surface area contributed by atoms with E-state index in [1.54, 1.807) is 4.68 Å². The average Bonchev–Trinajstić information content (AvgIpc) is 3.06. The normalized spacial score (nSPS) is 30.4. The van der Waals surface area contributed by atoms with Gasteiger partial charge >= 0.3 is 0 Å². The summed E-state index contributed by atoms with van der Waals surface area (Å²) in [7, 11) is 0. The molecule has 6 rings (SSSR count). The highest BCUT2D eigenvalue weighted by Gasteiger charge is 2.53. The number of carbonyl (C=O) groups excluding carboxylic acids is 1. The molecule has 4 saturated carbocycles. The molecule has 1 aromatic heterocycles. The summed E-state index contributed by atoms with van der Waals surface area (Å²) in [6.07, 6.45) is 8.20. The van der Waals surface area contributed by atoms with Gasteiger partial charge in [-0.3, -0.25) is 4.79 Å². The van der Waals surface area contributed by atoms with Gasteiger partial charge < -0.3 is 5.32 Å². The Morgan fingerprint density at radius 2 is 1.87 bits per heavy atom. The summed E-state index contributed by atoms with van der Waals surface area (Å²) >= 11 is 14.3. The maximum Gasteiger partial charge on any atom is 0.230 e. The van der Waals surface area contributed by atoms with Crippen LogP contribution in [0, 0.1) is 27.1 Å². The number of benzene rings is 1. The van der Waals surface area contributed by atoms with Gasteiger partial charge in [0.2, 0.25) is 5.91 Å². The molecular weight excluding hydrogens is 454 g/mol. The van der Waals surface area contributed by atoms with Crippen LogP contribution < -0.4 is 5.32 Å². The van der Waals surface area contributed by atoms with Gasteiger partial charge in [-0.15, -0.1) is 5.10 Å². The fourth-order valence-corrected chi connectivity index (χ4v) is 8.63. The van der Waals surface area contributed by atoms with E-state index in [9.17, 15) is 4.79 Å². The Morgan fingerprint density at radius 3 is 2.47 bits per heavy atom. The Labute approximate surface area is 195 Å². The molecule has 0 saturated heterocycles. The topological polar surface area (TPSA) is 46.9 Å². The standard InChI is InChI=1S/C22H26ClN3OS3/c1-13(22-9-14-6-15(10-22)8-16(7-14)11-22)24-19(27)12-29-20-25-26(21(28)30-20)18-4-2-17(23)3-5-18/h2-5,13-16H,6-12H2,1H3,(H,24,27)/t13-,14?,15?,16?,22?/m1/s1. The lowest BCUT2D eigenvalue weighted by molar-refractivity contribution is -0.123. The Kier molecular flexibility index (Phi) is 5.75. The van der Waals surface area contributed by atoms with Crippen molar-refractivity contribution < 1.29 is 4.79 Å². The van der Waals surface area contributed by atoms with E-state index in [0.29, 0.717) is 20.1 Å². The van der Waals surface area contributed by atoms with E-state index >= 15 is 0 Å². The van der Waals surface area contributed by atoms with Gasteiger partial charge in [-0.25, -0.2) is 4.68 Å². The SMILES string of the molecule is C[C@@H](NC(=O)CSc1nn(-c2ccc(Cl)cc2)c(=S)s1)C12CC3CC(CC(C3)C1)C2. The van der Waals surface area contributed by atoms with Crippen molar-refractivity contribution in [3.63, 3.8) is 0 Å². The van der Waals surface area contributed by atoms with E-state index < -0.39 is 0 Å². The van der Waals surface area contributed by atoms with Gasteiger partial charge in [-0.1, -0.05) is 34.7 Å². The molecule has 0 unspecified atom stereocenters. The van der Waals surface area contributed by atoms with Crippen LogP contribution in [0.15, 0.2) is 28.6 Å². The van der Waals surface area contributed by atoms with E-state index in [0.717, 1.165) is 27.8 Å². The molecule has 0 spiro atoms. The summed E-state index contributed by atoms with van der Waals surface area (Å²) < 4.78 is 3.21. The van der Waals surface area contributed by atoms with Gasteiger partial charge in [0.15, 0.2) is 8.29 Å². The quantitative estimate of drug-likeness (QED) is 0.400. The van der Waals surface area contributed by atoms with E-state index in [4.69, 9.17) is 23.8 Å². The molecular formula is C22H26ClN3OS3. The average molecular weight is 480 g/mol. The molecule has 1 N–H and O–H groups in total. The molecule has 2 aromatic rings. The second kappa shape index (κ2) is 8.23. The van der Waals surface area contributed by atoms with Gasteiger partial charge in [0, 0.05) is 11.1 Å². The van der Waals surface area contributed by atoms with Crippen LogP contribution >= 0.6 is 46.9 Å². The van der Waals surface area contributed by atoms with E-state index in [1.807, 2.05) is 24.3 Å². The molecule has 0 radical (unpaired) electrons. The maximum absolute atomic E-state index is 12.7. The zero-order chi connectivity index (χ0) is 20.9. The number of amides is 1. The van der Waals surface area contributed by atoms with Crippen molar-refractivity contribution in [1.29, 1.82) is 0 Å². The molecule has 4 fully saturated rings. The summed E-state index contributed by atoms with van der Waals surface area (Å²) in [4.78, 5) is 12.7. The monoisotopic (exact) mass is 479 g/mol. The zero-order valence-electron chi connectivity index (χ0n) is 17.0. The highest BCUT2D eigenvalue weighted by Crippen LogP contribution is 2.61. The lowest BCUT2D eigenvalue weighted by Gasteiger charge is -2.59. The summed E-state index contributed by atoms with van der Waals surface area (Å²) in [5.74, 6) is 3.17. The van der Waals surface area contributed by atoms with Crippen LogP contribution in [0.5, 0.6) is 0 Å². The van der Waals surface area contributed by atoms with Gasteiger partial charge in [0.1, 0.15) is 0 Å². The highest BCUT2D eigenvalue weighted by atomic mass is 35.5. The predicted molar refractivity (Wildman–Crippen MR) is 126 cm³/mol. The number of nitrogens with zero attached hydrogens (tertiary/aromatic N) is 2. The summed E-state index contributed by atoms with van der Waals surface area (Å²) in [5, 5.41) is 8.60. The van der Waals surface area contributed by atoms with Crippen LogP contribution in [0.4, 0.5) is 0 Å². The van der Waals surface area contributed by atoms with Crippen molar-refractivity contribution in [2.24, 2.45) is 23.2 Å². The number of hydrogen-bond acceptors (Lipinski definition) is 5. The molecule has 30 heavy (non-hydrogen) atoms. The lowest BCUT2D eigenvalue weighted by atomic mass is 9.48. The molecule has 1 amide bonds. The maximum atomic E-state index is 12.7. The molecule has 160 valence electrons. The lowest BCUT2D eigenvalue weighted by Crippen LogP contribution is -2.56. The molecule has 0 aliphatic heterocycles. The first-order valence-corrected chi connectivity index (χ1v) is 13.3. The summed E-state index contributed by atoms with van der Waals surface area (Å²) in [6.45, 7) is 2.23. The third-order valence-corrected chi connectivity index (χ3v) is 9.93. The molecule has 8 heteroatoms. The first-order chi connectivity index (χ1) is 14.4. The van der Waals surface area contributed by atoms with Crippen LogP contribution in [-0.2, 0) is 4.79 Å². The number of rotatable bonds is 6. The van der Waals surface area contributed by atoms with Crippen LogP contribution in [0.25, 0.3) is 5.69 Å². The Hall–Kier alpha value is -0.890. The molecule has 1 aromatic carbocycles. The highest BCUT2D eigenvalue weighted by molar-refractivity contribution is 8.01. The second-order valence-electron chi connectivity index (χ2n) is 9.38. The first-order valence-electron chi connectivity index (χ1n) is 10.7. The number of hydrogen-bond donors (Lipinski definition) is 1. The number of thioether (sulfide) groups is 1. The van der Waals surface area contributed by atoms with Crippen molar-refractivity contribution in [3.8, 4) is 5.69 Å². The Balaban J connectivity index is 1.19. The Bertz CT molecular complexity index is 965. The summed E-state index contributed by atoms with van der Waals surface area (Å²) in [6, 6.07) is 7.69. The minimum Gasteiger partial charge on any atom is -0.352 e.